The molecule has 2 aromatic heterocycles. The van der Waals surface area contributed by atoms with Gasteiger partial charge in [0.2, 0.25) is 11.8 Å². The van der Waals surface area contributed by atoms with Gasteiger partial charge in [-0.05, 0) is 62.8 Å². The summed E-state index contributed by atoms with van der Waals surface area (Å²) in [7, 11) is 0. The molecule has 154 valence electrons. The van der Waals surface area contributed by atoms with Crippen molar-refractivity contribution in [1.82, 2.24) is 14.8 Å². The maximum absolute atomic E-state index is 6.01. The Morgan fingerprint density at radius 3 is 2.65 bits per heavy atom. The summed E-state index contributed by atoms with van der Waals surface area (Å²) >= 11 is 0. The molecular formula is C27H25N3O. The number of nitrogens with zero attached hydrogens (tertiary/aromatic N) is 3. The number of para-hydroxylation sites is 1. The van der Waals surface area contributed by atoms with Gasteiger partial charge in [0.25, 0.3) is 0 Å². The van der Waals surface area contributed by atoms with Crippen LogP contribution in [-0.4, -0.2) is 14.8 Å². The maximum atomic E-state index is 6.01. The van der Waals surface area contributed by atoms with Crippen LogP contribution in [0.1, 0.15) is 31.0 Å². The molecule has 0 atom stereocenters. The Kier molecular flexibility index (Phi) is 5.54. The fourth-order valence-electron chi connectivity index (χ4n) is 3.80. The molecule has 4 aromatic rings. The Morgan fingerprint density at radius 2 is 1.90 bits per heavy atom. The number of benzene rings is 2. The topological polar surface area (TPSA) is 43.9 Å². The lowest BCUT2D eigenvalue weighted by atomic mass is 10.1. The van der Waals surface area contributed by atoms with Gasteiger partial charge in [-0.15, -0.1) is 10.2 Å². The van der Waals surface area contributed by atoms with Crippen molar-refractivity contribution in [2.45, 2.75) is 20.8 Å². The molecule has 0 radical (unpaired) electrons. The highest BCUT2D eigenvalue weighted by molar-refractivity contribution is 5.89. The lowest BCUT2D eigenvalue weighted by Gasteiger charge is -2.10. The van der Waals surface area contributed by atoms with Gasteiger partial charge in [-0.1, -0.05) is 55.1 Å². The van der Waals surface area contributed by atoms with Gasteiger partial charge in [-0.3, -0.25) is 0 Å². The van der Waals surface area contributed by atoms with E-state index in [4.69, 9.17) is 4.42 Å². The van der Waals surface area contributed by atoms with E-state index in [1.165, 1.54) is 10.9 Å². The number of rotatable bonds is 6. The zero-order valence-corrected chi connectivity index (χ0v) is 18.1. The molecular weight excluding hydrogens is 382 g/mol. The molecule has 0 saturated carbocycles. The van der Waals surface area contributed by atoms with Gasteiger partial charge in [0, 0.05) is 27.9 Å². The van der Waals surface area contributed by atoms with Crippen molar-refractivity contribution in [3.05, 3.63) is 103 Å². The Bertz CT molecular complexity index is 1350. The standard InChI is InChI=1S/C27H25N3O/c1-6-11-20(16-18(3)4)26-28-29-27(31-26)21-12-10-13-22(17-21)30-24(7-2)19(5)23-14-8-9-15-25(23)30/h6-17H,2-3H2,1,4-5H3. The quantitative estimate of drug-likeness (QED) is 0.318. The first-order chi connectivity index (χ1) is 15.0. The molecule has 4 nitrogen and oxygen atoms in total. The van der Waals surface area contributed by atoms with Crippen LogP contribution in [0.5, 0.6) is 0 Å². The van der Waals surface area contributed by atoms with Gasteiger partial charge in [0.15, 0.2) is 0 Å². The zero-order chi connectivity index (χ0) is 22.0. The van der Waals surface area contributed by atoms with Crippen LogP contribution in [0.3, 0.4) is 0 Å². The van der Waals surface area contributed by atoms with Crippen LogP contribution in [-0.2, 0) is 0 Å². The van der Waals surface area contributed by atoms with E-state index in [-0.39, 0.29) is 0 Å². The number of aromatic nitrogens is 3. The number of fused-ring (bicyclic) bond motifs is 1. The maximum Gasteiger partial charge on any atom is 0.248 e. The van der Waals surface area contributed by atoms with Gasteiger partial charge in [0.1, 0.15) is 0 Å². The predicted molar refractivity (Wildman–Crippen MR) is 129 cm³/mol. The molecule has 31 heavy (non-hydrogen) atoms. The first kappa shape index (κ1) is 20.4. The molecule has 0 bridgehead atoms. The normalized spacial score (nSPS) is 12.0. The third-order valence-corrected chi connectivity index (χ3v) is 5.14. The number of aryl methyl sites for hydroxylation is 1. The fourth-order valence-corrected chi connectivity index (χ4v) is 3.80. The number of allylic oxidation sites excluding steroid dienone is 5. The van der Waals surface area contributed by atoms with E-state index >= 15 is 0 Å². The van der Waals surface area contributed by atoms with Crippen molar-refractivity contribution in [2.75, 3.05) is 0 Å². The first-order valence-corrected chi connectivity index (χ1v) is 10.2. The van der Waals surface area contributed by atoms with Crippen molar-refractivity contribution >= 4 is 22.6 Å². The highest BCUT2D eigenvalue weighted by Crippen LogP contribution is 2.31. The lowest BCUT2D eigenvalue weighted by Crippen LogP contribution is -1.97. The van der Waals surface area contributed by atoms with Crippen molar-refractivity contribution in [3.8, 4) is 17.1 Å². The average molecular weight is 408 g/mol. The second kappa shape index (κ2) is 8.44. The Morgan fingerprint density at radius 1 is 1.10 bits per heavy atom. The Balaban J connectivity index is 1.82. The molecule has 4 rings (SSSR count). The van der Waals surface area contributed by atoms with Gasteiger partial charge in [0.05, 0.1) is 5.52 Å². The molecule has 0 aliphatic rings. The van der Waals surface area contributed by atoms with E-state index in [0.29, 0.717) is 11.8 Å². The van der Waals surface area contributed by atoms with E-state index in [1.54, 1.807) is 0 Å². The van der Waals surface area contributed by atoms with Crippen molar-refractivity contribution in [1.29, 1.82) is 0 Å². The largest absolute Gasteiger partial charge is 0.416 e. The van der Waals surface area contributed by atoms with Gasteiger partial charge >= 0.3 is 0 Å². The summed E-state index contributed by atoms with van der Waals surface area (Å²) in [5.74, 6) is 0.942. The van der Waals surface area contributed by atoms with E-state index in [2.05, 4.69) is 71.2 Å². The van der Waals surface area contributed by atoms with Crippen LogP contribution in [0.4, 0.5) is 0 Å². The van der Waals surface area contributed by atoms with Gasteiger partial charge in [-0.2, -0.15) is 0 Å². The highest BCUT2D eigenvalue weighted by Gasteiger charge is 2.15. The average Bonchev–Trinajstić information content (AvgIpc) is 3.37. The molecule has 0 aliphatic carbocycles. The minimum absolute atomic E-state index is 0.468. The SMILES string of the molecule is C=Cc1c(C)c2ccccc2n1-c1cccc(-c2nnc(C(C=CC)=CC(=C)C)o2)c1. The lowest BCUT2D eigenvalue weighted by molar-refractivity contribution is 0.554. The second-order valence-corrected chi connectivity index (χ2v) is 7.48. The van der Waals surface area contributed by atoms with Crippen LogP contribution in [0.15, 0.2) is 89.9 Å². The zero-order valence-electron chi connectivity index (χ0n) is 18.1. The molecule has 0 aliphatic heterocycles. The van der Waals surface area contributed by atoms with Crippen molar-refractivity contribution in [2.24, 2.45) is 0 Å². The molecule has 0 N–H and O–H groups in total. The van der Waals surface area contributed by atoms with Crippen molar-refractivity contribution < 1.29 is 4.42 Å². The number of hydrogen-bond donors (Lipinski definition) is 0. The Hall–Kier alpha value is -3.92. The monoisotopic (exact) mass is 407 g/mol. The van der Waals surface area contributed by atoms with E-state index < -0.39 is 0 Å². The molecule has 2 heterocycles. The fraction of sp³-hybridized carbons (Fsp3) is 0.111. The van der Waals surface area contributed by atoms with E-state index in [1.807, 2.05) is 50.3 Å². The first-order valence-electron chi connectivity index (χ1n) is 10.2. The van der Waals surface area contributed by atoms with Crippen LogP contribution in [0, 0.1) is 6.92 Å². The molecule has 0 amide bonds. The van der Waals surface area contributed by atoms with Gasteiger partial charge in [-0.25, -0.2) is 0 Å². The van der Waals surface area contributed by atoms with E-state index in [0.717, 1.165) is 33.6 Å². The summed E-state index contributed by atoms with van der Waals surface area (Å²) in [6, 6.07) is 16.5. The highest BCUT2D eigenvalue weighted by atomic mass is 16.4. The molecule has 4 heteroatoms. The molecule has 0 fully saturated rings. The summed E-state index contributed by atoms with van der Waals surface area (Å²) in [6.07, 6.45) is 7.71. The molecule has 0 saturated heterocycles. The van der Waals surface area contributed by atoms with Crippen molar-refractivity contribution in [3.63, 3.8) is 0 Å². The summed E-state index contributed by atoms with van der Waals surface area (Å²) in [4.78, 5) is 0. The minimum Gasteiger partial charge on any atom is -0.416 e. The molecule has 0 unspecified atom stereocenters. The smallest absolute Gasteiger partial charge is 0.248 e. The summed E-state index contributed by atoms with van der Waals surface area (Å²) in [5.41, 5.74) is 7.05. The van der Waals surface area contributed by atoms with E-state index in [9.17, 15) is 0 Å². The minimum atomic E-state index is 0.468. The summed E-state index contributed by atoms with van der Waals surface area (Å²) in [6.45, 7) is 14.0. The summed E-state index contributed by atoms with van der Waals surface area (Å²) in [5, 5.41) is 9.76. The van der Waals surface area contributed by atoms with Crippen LogP contribution in [0.2, 0.25) is 0 Å². The van der Waals surface area contributed by atoms with Crippen LogP contribution in [0.25, 0.3) is 39.7 Å². The third kappa shape index (κ3) is 3.80. The summed E-state index contributed by atoms with van der Waals surface area (Å²) < 4.78 is 8.23. The van der Waals surface area contributed by atoms with Crippen LogP contribution >= 0.6 is 0 Å². The Labute approximate surface area is 182 Å². The third-order valence-electron chi connectivity index (χ3n) is 5.14. The second-order valence-electron chi connectivity index (χ2n) is 7.48. The predicted octanol–water partition coefficient (Wildman–Crippen LogP) is 7.17. The van der Waals surface area contributed by atoms with Crippen LogP contribution < -0.4 is 0 Å². The number of hydrogen-bond acceptors (Lipinski definition) is 3. The van der Waals surface area contributed by atoms with Gasteiger partial charge < -0.3 is 8.98 Å². The molecule has 2 aromatic carbocycles. The molecule has 0 spiro atoms.